The Balaban J connectivity index is 1.99. The third kappa shape index (κ3) is 4.52. The molecule has 0 bridgehead atoms. The maximum Gasteiger partial charge on any atom is 0.279 e. The van der Waals surface area contributed by atoms with Crippen LogP contribution in [0.1, 0.15) is 38.7 Å². The normalized spacial score (nSPS) is 25.0. The summed E-state index contributed by atoms with van der Waals surface area (Å²) in [6.45, 7) is 7.10. The molecule has 0 aliphatic carbocycles. The average molecular weight is 326 g/mol. The van der Waals surface area contributed by atoms with Crippen molar-refractivity contribution in [3.05, 3.63) is 35.9 Å². The molecule has 1 aliphatic heterocycles. The lowest BCUT2D eigenvalue weighted by Gasteiger charge is -2.34. The molecule has 3 atom stereocenters. The Hall–Kier alpha value is -0.950. The lowest BCUT2D eigenvalue weighted by atomic mass is 9.97. The third-order valence-corrected chi connectivity index (χ3v) is 5.51. The molecule has 0 saturated carbocycles. The second-order valence-electron chi connectivity index (χ2n) is 5.94. The summed E-state index contributed by atoms with van der Waals surface area (Å²) in [6, 6.07) is 10.0. The Bertz CT molecular complexity index is 552. The Morgan fingerprint density at radius 2 is 1.82 bits per heavy atom. The Kier molecular flexibility index (Phi) is 5.97. The number of hydrogen-bond acceptors (Lipinski definition) is 3. The third-order valence-electron chi connectivity index (χ3n) is 4.00. The summed E-state index contributed by atoms with van der Waals surface area (Å²) in [5.74, 6) is 0.187. The highest BCUT2D eigenvalue weighted by atomic mass is 32.2. The van der Waals surface area contributed by atoms with E-state index in [0.29, 0.717) is 19.6 Å². The van der Waals surface area contributed by atoms with E-state index in [4.69, 9.17) is 4.74 Å². The molecule has 22 heavy (non-hydrogen) atoms. The predicted octanol–water partition coefficient (Wildman–Crippen LogP) is 2.12. The molecule has 1 saturated heterocycles. The van der Waals surface area contributed by atoms with Gasteiger partial charge in [0.2, 0.25) is 0 Å². The van der Waals surface area contributed by atoms with Crippen molar-refractivity contribution in [2.75, 3.05) is 19.6 Å². The minimum absolute atomic E-state index is 0.0728. The summed E-state index contributed by atoms with van der Waals surface area (Å²) in [5.41, 5.74) is 1.16. The van der Waals surface area contributed by atoms with Gasteiger partial charge < -0.3 is 4.74 Å². The number of ether oxygens (including phenoxy) is 1. The summed E-state index contributed by atoms with van der Waals surface area (Å²) in [4.78, 5) is 0. The Labute approximate surface area is 133 Å². The van der Waals surface area contributed by atoms with Crippen LogP contribution in [-0.2, 0) is 14.9 Å². The first-order valence-electron chi connectivity index (χ1n) is 7.87. The zero-order chi connectivity index (χ0) is 16.2. The standard InChI is InChI=1S/C16H26N2O3S/c1-4-15(16-8-6-5-7-9-16)10-17-22(19,20)18-11-13(2)21-14(3)12-18/h5-9,13-15,17H,4,10-12H2,1-3H3/t13-,14-,15-/m1/s1. The fraction of sp³-hybridized carbons (Fsp3) is 0.625. The molecular formula is C16H26N2O3S. The van der Waals surface area contributed by atoms with Crippen LogP contribution in [0.3, 0.4) is 0 Å². The molecule has 0 amide bonds. The summed E-state index contributed by atoms with van der Waals surface area (Å²) in [5, 5.41) is 0. The van der Waals surface area contributed by atoms with E-state index in [-0.39, 0.29) is 18.1 Å². The predicted molar refractivity (Wildman–Crippen MR) is 88.0 cm³/mol. The maximum absolute atomic E-state index is 12.5. The second-order valence-corrected chi connectivity index (χ2v) is 7.70. The van der Waals surface area contributed by atoms with E-state index < -0.39 is 10.2 Å². The van der Waals surface area contributed by atoms with Gasteiger partial charge in [-0.1, -0.05) is 37.3 Å². The molecule has 0 radical (unpaired) electrons. The van der Waals surface area contributed by atoms with Crippen molar-refractivity contribution in [1.82, 2.24) is 9.03 Å². The van der Waals surface area contributed by atoms with Gasteiger partial charge in [0.25, 0.3) is 10.2 Å². The van der Waals surface area contributed by atoms with Crippen molar-refractivity contribution < 1.29 is 13.2 Å². The van der Waals surface area contributed by atoms with Crippen LogP contribution in [0.25, 0.3) is 0 Å². The van der Waals surface area contributed by atoms with Gasteiger partial charge in [-0.15, -0.1) is 0 Å². The van der Waals surface area contributed by atoms with Gasteiger partial charge in [-0.3, -0.25) is 0 Å². The van der Waals surface area contributed by atoms with E-state index >= 15 is 0 Å². The van der Waals surface area contributed by atoms with Crippen LogP contribution >= 0.6 is 0 Å². The highest BCUT2D eigenvalue weighted by Gasteiger charge is 2.31. The van der Waals surface area contributed by atoms with Crippen molar-refractivity contribution in [2.45, 2.75) is 45.3 Å². The van der Waals surface area contributed by atoms with Gasteiger partial charge in [-0.05, 0) is 31.7 Å². The summed E-state index contributed by atoms with van der Waals surface area (Å²) in [6.07, 6.45) is 0.746. The van der Waals surface area contributed by atoms with Crippen LogP contribution in [-0.4, -0.2) is 44.6 Å². The van der Waals surface area contributed by atoms with Crippen molar-refractivity contribution in [2.24, 2.45) is 0 Å². The van der Waals surface area contributed by atoms with Gasteiger partial charge in [0.05, 0.1) is 12.2 Å². The van der Waals surface area contributed by atoms with Crippen molar-refractivity contribution in [1.29, 1.82) is 0 Å². The molecule has 6 heteroatoms. The highest BCUT2D eigenvalue weighted by Crippen LogP contribution is 2.19. The lowest BCUT2D eigenvalue weighted by Crippen LogP contribution is -2.52. The van der Waals surface area contributed by atoms with Crippen LogP contribution in [0.4, 0.5) is 0 Å². The molecule has 2 rings (SSSR count). The summed E-state index contributed by atoms with van der Waals surface area (Å²) >= 11 is 0. The maximum atomic E-state index is 12.5. The lowest BCUT2D eigenvalue weighted by molar-refractivity contribution is -0.0443. The first-order valence-corrected chi connectivity index (χ1v) is 9.31. The van der Waals surface area contributed by atoms with Crippen LogP contribution in [0.5, 0.6) is 0 Å². The molecule has 124 valence electrons. The number of hydrogen-bond donors (Lipinski definition) is 1. The second kappa shape index (κ2) is 7.55. The zero-order valence-electron chi connectivity index (χ0n) is 13.5. The average Bonchev–Trinajstić information content (AvgIpc) is 2.48. The van der Waals surface area contributed by atoms with Crippen molar-refractivity contribution in [3.63, 3.8) is 0 Å². The van der Waals surface area contributed by atoms with Crippen LogP contribution in [0.15, 0.2) is 30.3 Å². The molecule has 1 heterocycles. The fourth-order valence-corrected chi connectivity index (χ4v) is 4.25. The van der Waals surface area contributed by atoms with E-state index in [1.807, 2.05) is 44.2 Å². The van der Waals surface area contributed by atoms with E-state index in [0.717, 1.165) is 12.0 Å². The van der Waals surface area contributed by atoms with E-state index in [1.165, 1.54) is 4.31 Å². The molecular weight excluding hydrogens is 300 g/mol. The van der Waals surface area contributed by atoms with Gasteiger partial charge in [0, 0.05) is 19.6 Å². The van der Waals surface area contributed by atoms with Crippen molar-refractivity contribution in [3.8, 4) is 0 Å². The number of rotatable bonds is 6. The largest absolute Gasteiger partial charge is 0.373 e. The van der Waals surface area contributed by atoms with E-state index in [2.05, 4.69) is 11.6 Å². The van der Waals surface area contributed by atoms with Gasteiger partial charge in [-0.25, -0.2) is 4.72 Å². The van der Waals surface area contributed by atoms with Crippen LogP contribution in [0.2, 0.25) is 0 Å². The van der Waals surface area contributed by atoms with Crippen LogP contribution < -0.4 is 4.72 Å². The summed E-state index contributed by atoms with van der Waals surface area (Å²) < 4.78 is 34.8. The fourth-order valence-electron chi connectivity index (χ4n) is 2.85. The zero-order valence-corrected chi connectivity index (χ0v) is 14.3. The topological polar surface area (TPSA) is 58.6 Å². The van der Waals surface area contributed by atoms with Gasteiger partial charge in [0.1, 0.15) is 0 Å². The van der Waals surface area contributed by atoms with Crippen LogP contribution in [0, 0.1) is 0 Å². The quantitative estimate of drug-likeness (QED) is 0.871. The monoisotopic (exact) mass is 326 g/mol. The van der Waals surface area contributed by atoms with Crippen molar-refractivity contribution >= 4 is 10.2 Å². The molecule has 0 unspecified atom stereocenters. The Morgan fingerprint density at radius 3 is 2.36 bits per heavy atom. The first kappa shape index (κ1) is 17.4. The smallest absolute Gasteiger partial charge is 0.279 e. The molecule has 0 aromatic heterocycles. The molecule has 1 N–H and O–H groups in total. The van der Waals surface area contributed by atoms with E-state index in [9.17, 15) is 8.42 Å². The highest BCUT2D eigenvalue weighted by molar-refractivity contribution is 7.87. The first-order chi connectivity index (χ1) is 10.4. The van der Waals surface area contributed by atoms with Gasteiger partial charge in [-0.2, -0.15) is 12.7 Å². The Morgan fingerprint density at radius 1 is 1.23 bits per heavy atom. The van der Waals surface area contributed by atoms with Gasteiger partial charge in [0.15, 0.2) is 0 Å². The molecule has 1 aliphatic rings. The molecule has 5 nitrogen and oxygen atoms in total. The summed E-state index contributed by atoms with van der Waals surface area (Å²) in [7, 11) is -3.46. The number of benzene rings is 1. The number of morpholine rings is 1. The van der Waals surface area contributed by atoms with E-state index in [1.54, 1.807) is 0 Å². The number of nitrogens with one attached hydrogen (secondary N) is 1. The molecule has 1 aromatic rings. The van der Waals surface area contributed by atoms with Gasteiger partial charge >= 0.3 is 0 Å². The minimum Gasteiger partial charge on any atom is -0.373 e. The molecule has 1 aromatic carbocycles. The molecule has 0 spiro atoms. The SMILES string of the molecule is CC[C@H](CNS(=O)(=O)N1C[C@@H](C)O[C@H](C)C1)c1ccccc1. The minimum atomic E-state index is -3.46. The number of nitrogens with zero attached hydrogens (tertiary/aromatic N) is 1. The molecule has 1 fully saturated rings.